The number of rotatable bonds is 4. The van der Waals surface area contributed by atoms with E-state index in [1.165, 1.54) is 12.1 Å². The number of benzene rings is 1. The summed E-state index contributed by atoms with van der Waals surface area (Å²) in [5.41, 5.74) is 0.989. The lowest BCUT2D eigenvalue weighted by Gasteiger charge is -2.09. The second-order valence-corrected chi connectivity index (χ2v) is 3.89. The minimum absolute atomic E-state index is 0.218. The maximum atomic E-state index is 12.7. The summed E-state index contributed by atoms with van der Waals surface area (Å²) < 4.78 is 17.3. The summed E-state index contributed by atoms with van der Waals surface area (Å²) in [4.78, 5) is 11.0. The largest absolute Gasteiger partial charge is 0.450 e. The van der Waals surface area contributed by atoms with Crippen molar-refractivity contribution in [2.75, 3.05) is 13.2 Å². The Morgan fingerprint density at radius 2 is 2.06 bits per heavy atom. The number of amides is 1. The van der Waals surface area contributed by atoms with Gasteiger partial charge < -0.3 is 10.1 Å². The molecule has 0 bridgehead atoms. The number of alkyl carbamates (subject to hydrolysis) is 1. The van der Waals surface area contributed by atoms with E-state index in [9.17, 15) is 9.18 Å². The fourth-order valence-corrected chi connectivity index (χ4v) is 1.46. The Bertz CT molecular complexity index is 409. The normalized spacial score (nSPS) is 9.67. The average molecular weight is 270 g/mol. The third-order valence-corrected chi connectivity index (χ3v) is 2.35. The molecule has 2 N–H and O–H groups in total. The first-order valence-electron chi connectivity index (χ1n) is 5.58. The minimum atomic E-state index is -0.572. The van der Waals surface area contributed by atoms with Crippen molar-refractivity contribution in [1.82, 2.24) is 10.6 Å². The minimum Gasteiger partial charge on any atom is -0.450 e. The van der Waals surface area contributed by atoms with Crippen LogP contribution in [0, 0.1) is 5.82 Å². The zero-order chi connectivity index (χ0) is 13.4. The molecular weight excluding hydrogens is 255 g/mol. The van der Waals surface area contributed by atoms with Crippen molar-refractivity contribution < 1.29 is 13.9 Å². The van der Waals surface area contributed by atoms with Crippen molar-refractivity contribution in [2.24, 2.45) is 0 Å². The van der Waals surface area contributed by atoms with Crippen LogP contribution in [0.3, 0.4) is 0 Å². The highest BCUT2D eigenvalue weighted by atomic mass is 32.1. The van der Waals surface area contributed by atoms with Gasteiger partial charge in [0, 0.05) is 6.54 Å². The SMILES string of the molecule is CCOC(=O)NC(=S)NCCc1ccc(F)cc1. The van der Waals surface area contributed by atoms with E-state index < -0.39 is 6.09 Å². The first-order valence-corrected chi connectivity index (χ1v) is 5.98. The van der Waals surface area contributed by atoms with Gasteiger partial charge in [-0.05, 0) is 43.3 Å². The highest BCUT2D eigenvalue weighted by Crippen LogP contribution is 2.02. The number of hydrogen-bond donors (Lipinski definition) is 2. The maximum Gasteiger partial charge on any atom is 0.413 e. The van der Waals surface area contributed by atoms with Gasteiger partial charge in [-0.2, -0.15) is 0 Å². The quantitative estimate of drug-likeness (QED) is 0.822. The number of halogens is 1. The number of nitrogens with one attached hydrogen (secondary N) is 2. The molecule has 0 fully saturated rings. The molecule has 0 aliphatic heterocycles. The first-order chi connectivity index (χ1) is 8.61. The van der Waals surface area contributed by atoms with E-state index in [1.807, 2.05) is 0 Å². The fraction of sp³-hybridized carbons (Fsp3) is 0.333. The topological polar surface area (TPSA) is 50.4 Å². The standard InChI is InChI=1S/C12H15FN2O2S/c1-2-17-12(16)15-11(18)14-8-7-9-3-5-10(13)6-4-9/h3-6H,2,7-8H2,1H3,(H2,14,15,16,18). The maximum absolute atomic E-state index is 12.7. The van der Waals surface area contributed by atoms with Crippen LogP contribution in [0.25, 0.3) is 0 Å². The van der Waals surface area contributed by atoms with Gasteiger partial charge in [0.25, 0.3) is 0 Å². The zero-order valence-corrected chi connectivity index (χ0v) is 10.8. The lowest BCUT2D eigenvalue weighted by molar-refractivity contribution is 0.157. The fourth-order valence-electron chi connectivity index (χ4n) is 1.28. The Hall–Kier alpha value is -1.69. The van der Waals surface area contributed by atoms with Crippen LogP contribution in [0.15, 0.2) is 24.3 Å². The average Bonchev–Trinajstić information content (AvgIpc) is 2.32. The van der Waals surface area contributed by atoms with Gasteiger partial charge in [-0.25, -0.2) is 9.18 Å². The van der Waals surface area contributed by atoms with Crippen LogP contribution in [-0.2, 0) is 11.2 Å². The molecule has 98 valence electrons. The molecule has 1 aromatic rings. The van der Waals surface area contributed by atoms with E-state index in [0.717, 1.165) is 5.56 Å². The second-order valence-electron chi connectivity index (χ2n) is 3.48. The molecule has 0 atom stereocenters. The van der Waals surface area contributed by atoms with Gasteiger partial charge in [0.2, 0.25) is 0 Å². The summed E-state index contributed by atoms with van der Waals surface area (Å²) in [6.45, 7) is 2.56. The number of carbonyl (C=O) groups excluding carboxylic acids is 1. The summed E-state index contributed by atoms with van der Waals surface area (Å²) in [6, 6.07) is 6.23. The Kier molecular flexibility index (Phi) is 6.07. The Labute approximate surface area is 111 Å². The molecule has 0 heterocycles. The van der Waals surface area contributed by atoms with Crippen LogP contribution in [-0.4, -0.2) is 24.4 Å². The molecule has 0 saturated heterocycles. The molecule has 0 aromatic heterocycles. The first kappa shape index (κ1) is 14.4. The van der Waals surface area contributed by atoms with Gasteiger partial charge in [-0.15, -0.1) is 0 Å². The molecule has 1 amide bonds. The van der Waals surface area contributed by atoms with E-state index in [1.54, 1.807) is 19.1 Å². The predicted molar refractivity (Wildman–Crippen MR) is 70.9 cm³/mol. The molecule has 0 aliphatic carbocycles. The van der Waals surface area contributed by atoms with Gasteiger partial charge in [-0.3, -0.25) is 5.32 Å². The highest BCUT2D eigenvalue weighted by Gasteiger charge is 2.03. The van der Waals surface area contributed by atoms with Crippen LogP contribution in [0.2, 0.25) is 0 Å². The van der Waals surface area contributed by atoms with Crippen LogP contribution < -0.4 is 10.6 Å². The molecule has 1 aromatic carbocycles. The van der Waals surface area contributed by atoms with Gasteiger partial charge >= 0.3 is 6.09 Å². The van der Waals surface area contributed by atoms with Crippen LogP contribution in [0.1, 0.15) is 12.5 Å². The molecule has 0 radical (unpaired) electrons. The van der Waals surface area contributed by atoms with Gasteiger partial charge in [0.05, 0.1) is 6.61 Å². The molecule has 6 heteroatoms. The number of ether oxygens (including phenoxy) is 1. The Morgan fingerprint density at radius 3 is 2.67 bits per heavy atom. The summed E-state index contributed by atoms with van der Waals surface area (Å²) in [5, 5.41) is 5.45. The number of thiocarbonyl (C=S) groups is 1. The zero-order valence-electron chi connectivity index (χ0n) is 10.0. The number of hydrogen-bond acceptors (Lipinski definition) is 3. The highest BCUT2D eigenvalue weighted by molar-refractivity contribution is 7.80. The van der Waals surface area contributed by atoms with Crippen molar-refractivity contribution in [3.8, 4) is 0 Å². The predicted octanol–water partition coefficient (Wildman–Crippen LogP) is 1.99. The van der Waals surface area contributed by atoms with Gasteiger partial charge in [0.1, 0.15) is 5.82 Å². The van der Waals surface area contributed by atoms with Gasteiger partial charge in [0.15, 0.2) is 5.11 Å². The molecule has 0 unspecified atom stereocenters. The van der Waals surface area contributed by atoms with Gasteiger partial charge in [-0.1, -0.05) is 12.1 Å². The summed E-state index contributed by atoms with van der Waals surface area (Å²) in [7, 11) is 0. The summed E-state index contributed by atoms with van der Waals surface area (Å²) in [6.07, 6.45) is 0.113. The molecular formula is C12H15FN2O2S. The van der Waals surface area contributed by atoms with E-state index in [2.05, 4.69) is 15.4 Å². The molecule has 1 rings (SSSR count). The number of carbonyl (C=O) groups is 1. The summed E-state index contributed by atoms with van der Waals surface area (Å²) >= 11 is 4.90. The third kappa shape index (κ3) is 5.58. The summed E-state index contributed by atoms with van der Waals surface area (Å²) in [5.74, 6) is -0.258. The van der Waals surface area contributed by atoms with Crippen molar-refractivity contribution in [3.05, 3.63) is 35.6 Å². The lowest BCUT2D eigenvalue weighted by atomic mass is 10.1. The van der Waals surface area contributed by atoms with Crippen molar-refractivity contribution in [3.63, 3.8) is 0 Å². The van der Waals surface area contributed by atoms with Crippen LogP contribution >= 0.6 is 12.2 Å². The second kappa shape index (κ2) is 7.60. The molecule has 18 heavy (non-hydrogen) atoms. The molecule has 0 aliphatic rings. The Morgan fingerprint density at radius 1 is 1.39 bits per heavy atom. The Balaban J connectivity index is 2.23. The van der Waals surface area contributed by atoms with Crippen molar-refractivity contribution >= 4 is 23.4 Å². The van der Waals surface area contributed by atoms with E-state index in [4.69, 9.17) is 12.2 Å². The van der Waals surface area contributed by atoms with E-state index >= 15 is 0 Å². The molecule has 0 spiro atoms. The van der Waals surface area contributed by atoms with Crippen LogP contribution in [0.4, 0.5) is 9.18 Å². The monoisotopic (exact) mass is 270 g/mol. The van der Waals surface area contributed by atoms with E-state index in [-0.39, 0.29) is 10.9 Å². The lowest BCUT2D eigenvalue weighted by Crippen LogP contribution is -2.40. The molecule has 4 nitrogen and oxygen atoms in total. The van der Waals surface area contributed by atoms with Crippen LogP contribution in [0.5, 0.6) is 0 Å². The van der Waals surface area contributed by atoms with Crippen molar-refractivity contribution in [1.29, 1.82) is 0 Å². The molecule has 0 saturated carbocycles. The smallest absolute Gasteiger partial charge is 0.413 e. The third-order valence-electron chi connectivity index (χ3n) is 2.10. The van der Waals surface area contributed by atoms with E-state index in [0.29, 0.717) is 19.6 Å². The van der Waals surface area contributed by atoms with Crippen molar-refractivity contribution in [2.45, 2.75) is 13.3 Å².